The van der Waals surface area contributed by atoms with Crippen LogP contribution in [0.5, 0.6) is 11.5 Å². The van der Waals surface area contributed by atoms with Crippen molar-refractivity contribution in [1.82, 2.24) is 0 Å². The van der Waals surface area contributed by atoms with Crippen molar-refractivity contribution in [3.05, 3.63) is 48.5 Å². The molecule has 2 aromatic rings. The van der Waals surface area contributed by atoms with Crippen LogP contribution in [0.1, 0.15) is 34.1 Å². The molecule has 0 spiro atoms. The van der Waals surface area contributed by atoms with Gasteiger partial charge in [0.2, 0.25) is 11.8 Å². The molecule has 2 aromatic carbocycles. The summed E-state index contributed by atoms with van der Waals surface area (Å²) >= 11 is 0. The SMILES string of the molecule is CCOc1ccc(NC(=O)CCN(C(C)=O)c2ccc(OC(C)C)cc2)cc1. The van der Waals surface area contributed by atoms with E-state index < -0.39 is 0 Å². The minimum atomic E-state index is -0.157. The van der Waals surface area contributed by atoms with E-state index in [-0.39, 0.29) is 24.3 Å². The highest BCUT2D eigenvalue weighted by Crippen LogP contribution is 2.21. The first kappa shape index (κ1) is 21.3. The number of nitrogens with one attached hydrogen (secondary N) is 1. The molecule has 0 atom stereocenters. The summed E-state index contributed by atoms with van der Waals surface area (Å²) in [6.45, 7) is 8.21. The monoisotopic (exact) mass is 384 g/mol. The lowest BCUT2D eigenvalue weighted by Gasteiger charge is -2.21. The van der Waals surface area contributed by atoms with Crippen LogP contribution in [0.2, 0.25) is 0 Å². The van der Waals surface area contributed by atoms with E-state index in [2.05, 4.69) is 5.32 Å². The molecule has 2 amide bonds. The minimum absolute atomic E-state index is 0.0843. The van der Waals surface area contributed by atoms with Crippen molar-refractivity contribution in [2.24, 2.45) is 0 Å². The topological polar surface area (TPSA) is 67.9 Å². The molecule has 150 valence electrons. The Labute approximate surface area is 166 Å². The highest BCUT2D eigenvalue weighted by Gasteiger charge is 2.14. The third kappa shape index (κ3) is 6.61. The quantitative estimate of drug-likeness (QED) is 0.702. The van der Waals surface area contributed by atoms with Gasteiger partial charge in [0, 0.05) is 31.3 Å². The zero-order valence-electron chi connectivity index (χ0n) is 16.9. The van der Waals surface area contributed by atoms with Crippen LogP contribution in [0, 0.1) is 0 Å². The number of ether oxygens (including phenoxy) is 2. The first-order valence-corrected chi connectivity index (χ1v) is 9.46. The molecule has 6 heteroatoms. The molecule has 0 saturated heterocycles. The van der Waals surface area contributed by atoms with Gasteiger partial charge in [0.15, 0.2) is 0 Å². The molecule has 0 bridgehead atoms. The minimum Gasteiger partial charge on any atom is -0.494 e. The summed E-state index contributed by atoms with van der Waals surface area (Å²) in [5.74, 6) is 1.23. The number of hydrogen-bond acceptors (Lipinski definition) is 4. The van der Waals surface area contributed by atoms with Crippen LogP contribution in [0.15, 0.2) is 48.5 Å². The van der Waals surface area contributed by atoms with Gasteiger partial charge < -0.3 is 19.7 Å². The smallest absolute Gasteiger partial charge is 0.226 e. The van der Waals surface area contributed by atoms with Gasteiger partial charge in [-0.05, 0) is 69.3 Å². The number of amides is 2. The largest absolute Gasteiger partial charge is 0.494 e. The summed E-state index contributed by atoms with van der Waals surface area (Å²) in [6, 6.07) is 14.5. The third-order valence-corrected chi connectivity index (χ3v) is 3.91. The summed E-state index contributed by atoms with van der Waals surface area (Å²) in [6.07, 6.45) is 0.276. The molecule has 0 aliphatic rings. The van der Waals surface area contributed by atoms with E-state index in [1.165, 1.54) is 6.92 Å². The average Bonchev–Trinajstić information content (AvgIpc) is 2.64. The zero-order valence-corrected chi connectivity index (χ0v) is 16.9. The van der Waals surface area contributed by atoms with Crippen LogP contribution >= 0.6 is 0 Å². The van der Waals surface area contributed by atoms with Crippen LogP contribution in [0.4, 0.5) is 11.4 Å². The van der Waals surface area contributed by atoms with Gasteiger partial charge in [-0.3, -0.25) is 9.59 Å². The van der Waals surface area contributed by atoms with Crippen molar-refractivity contribution in [3.63, 3.8) is 0 Å². The molecule has 28 heavy (non-hydrogen) atoms. The van der Waals surface area contributed by atoms with Crippen LogP contribution < -0.4 is 19.7 Å². The normalized spacial score (nSPS) is 10.5. The Hall–Kier alpha value is -3.02. The Morgan fingerprint density at radius 1 is 1.00 bits per heavy atom. The van der Waals surface area contributed by atoms with Crippen molar-refractivity contribution in [3.8, 4) is 11.5 Å². The lowest BCUT2D eigenvalue weighted by Crippen LogP contribution is -2.31. The van der Waals surface area contributed by atoms with Gasteiger partial charge in [-0.15, -0.1) is 0 Å². The van der Waals surface area contributed by atoms with Crippen molar-refractivity contribution in [2.75, 3.05) is 23.4 Å². The maximum Gasteiger partial charge on any atom is 0.226 e. The standard InChI is InChI=1S/C22H28N2O4/c1-5-27-20-10-6-18(7-11-20)23-22(26)14-15-24(17(4)25)19-8-12-21(13-9-19)28-16(2)3/h6-13,16H,5,14-15H2,1-4H3,(H,23,26). The number of rotatable bonds is 9. The first-order valence-electron chi connectivity index (χ1n) is 9.46. The number of benzene rings is 2. The Kier molecular flexibility index (Phi) is 7.87. The second-order valence-electron chi connectivity index (χ2n) is 6.59. The van der Waals surface area contributed by atoms with E-state index in [9.17, 15) is 9.59 Å². The van der Waals surface area contributed by atoms with E-state index in [0.717, 1.165) is 17.2 Å². The molecule has 0 fully saturated rings. The second kappa shape index (κ2) is 10.3. The molecular weight excluding hydrogens is 356 g/mol. The molecule has 0 aromatic heterocycles. The molecule has 0 unspecified atom stereocenters. The van der Waals surface area contributed by atoms with Gasteiger partial charge >= 0.3 is 0 Å². The predicted octanol–water partition coefficient (Wildman–Crippen LogP) is 4.25. The van der Waals surface area contributed by atoms with Crippen molar-refractivity contribution >= 4 is 23.2 Å². The summed E-state index contributed by atoms with van der Waals surface area (Å²) in [5, 5.41) is 2.84. The molecule has 1 N–H and O–H groups in total. The van der Waals surface area contributed by atoms with E-state index in [4.69, 9.17) is 9.47 Å². The lowest BCUT2D eigenvalue weighted by molar-refractivity contribution is -0.117. The molecule has 0 aliphatic carbocycles. The Balaban J connectivity index is 1.93. The fraction of sp³-hybridized carbons (Fsp3) is 0.364. The Morgan fingerprint density at radius 2 is 1.61 bits per heavy atom. The number of anilines is 2. The van der Waals surface area contributed by atoms with Crippen molar-refractivity contribution in [1.29, 1.82) is 0 Å². The number of carbonyl (C=O) groups is 2. The molecule has 0 aliphatic heterocycles. The summed E-state index contributed by atoms with van der Waals surface area (Å²) < 4.78 is 11.0. The number of hydrogen-bond donors (Lipinski definition) is 1. The molecule has 0 radical (unpaired) electrons. The van der Waals surface area contributed by atoms with E-state index in [0.29, 0.717) is 18.8 Å². The maximum atomic E-state index is 12.3. The Bertz CT molecular complexity index is 770. The third-order valence-electron chi connectivity index (χ3n) is 3.91. The lowest BCUT2D eigenvalue weighted by atomic mass is 10.2. The van der Waals surface area contributed by atoms with Gasteiger partial charge in [0.25, 0.3) is 0 Å². The van der Waals surface area contributed by atoms with Crippen LogP contribution in [-0.4, -0.2) is 31.1 Å². The first-order chi connectivity index (χ1) is 13.4. The number of nitrogens with zero attached hydrogens (tertiary/aromatic N) is 1. The van der Waals surface area contributed by atoms with E-state index >= 15 is 0 Å². The summed E-state index contributed by atoms with van der Waals surface area (Å²) in [4.78, 5) is 25.9. The highest BCUT2D eigenvalue weighted by atomic mass is 16.5. The molecule has 0 saturated carbocycles. The Morgan fingerprint density at radius 3 is 2.14 bits per heavy atom. The fourth-order valence-corrected chi connectivity index (χ4v) is 2.68. The predicted molar refractivity (Wildman–Crippen MR) is 111 cm³/mol. The molecule has 0 heterocycles. The van der Waals surface area contributed by atoms with Gasteiger partial charge in [0.1, 0.15) is 11.5 Å². The van der Waals surface area contributed by atoms with Gasteiger partial charge in [-0.2, -0.15) is 0 Å². The maximum absolute atomic E-state index is 12.3. The molecular formula is C22H28N2O4. The molecule has 2 rings (SSSR count). The zero-order chi connectivity index (χ0) is 20.5. The average molecular weight is 384 g/mol. The fourth-order valence-electron chi connectivity index (χ4n) is 2.68. The van der Waals surface area contributed by atoms with Crippen LogP contribution in [-0.2, 0) is 9.59 Å². The summed E-state index contributed by atoms with van der Waals surface area (Å²) in [5.41, 5.74) is 1.43. The van der Waals surface area contributed by atoms with Gasteiger partial charge in [0.05, 0.1) is 12.7 Å². The van der Waals surface area contributed by atoms with Gasteiger partial charge in [-0.25, -0.2) is 0 Å². The molecule has 6 nitrogen and oxygen atoms in total. The summed E-state index contributed by atoms with van der Waals surface area (Å²) in [7, 11) is 0. The highest BCUT2D eigenvalue weighted by molar-refractivity contribution is 5.94. The van der Waals surface area contributed by atoms with Gasteiger partial charge in [-0.1, -0.05) is 0 Å². The van der Waals surface area contributed by atoms with Crippen LogP contribution in [0.3, 0.4) is 0 Å². The second-order valence-corrected chi connectivity index (χ2v) is 6.59. The van der Waals surface area contributed by atoms with E-state index in [1.807, 2.05) is 57.2 Å². The van der Waals surface area contributed by atoms with Crippen molar-refractivity contribution < 1.29 is 19.1 Å². The van der Waals surface area contributed by atoms with Crippen LogP contribution in [0.25, 0.3) is 0 Å². The van der Waals surface area contributed by atoms with Crippen molar-refractivity contribution in [2.45, 2.75) is 40.2 Å². The number of carbonyl (C=O) groups excluding carboxylic acids is 2. The van der Waals surface area contributed by atoms with E-state index in [1.54, 1.807) is 17.0 Å².